The van der Waals surface area contributed by atoms with Crippen LogP contribution in [0.5, 0.6) is 0 Å². The van der Waals surface area contributed by atoms with E-state index < -0.39 is 0 Å². The van der Waals surface area contributed by atoms with Gasteiger partial charge in [0.05, 0.1) is 11.4 Å². The lowest BCUT2D eigenvalue weighted by Gasteiger charge is -2.09. The van der Waals surface area contributed by atoms with Crippen molar-refractivity contribution >= 4 is 11.6 Å². The lowest BCUT2D eigenvalue weighted by Crippen LogP contribution is -2.15. The van der Waals surface area contributed by atoms with Gasteiger partial charge in [-0.25, -0.2) is 4.68 Å². The van der Waals surface area contributed by atoms with Crippen LogP contribution < -0.4 is 5.32 Å². The van der Waals surface area contributed by atoms with Gasteiger partial charge in [-0.1, -0.05) is 17.7 Å². The van der Waals surface area contributed by atoms with Gasteiger partial charge in [-0.05, 0) is 50.5 Å². The van der Waals surface area contributed by atoms with Crippen LogP contribution in [-0.2, 0) is 6.54 Å². The largest absolute Gasteiger partial charge is 0.310 e. The van der Waals surface area contributed by atoms with Gasteiger partial charge >= 0.3 is 0 Å². The molecule has 0 bridgehead atoms. The van der Waals surface area contributed by atoms with Crippen molar-refractivity contribution in [1.82, 2.24) is 15.1 Å². The number of benzene rings is 1. The second-order valence-electron chi connectivity index (χ2n) is 5.27. The predicted octanol–water partition coefficient (Wildman–Crippen LogP) is 3.39. The fourth-order valence-corrected chi connectivity index (χ4v) is 2.48. The maximum Gasteiger partial charge on any atom is 0.0663 e. The highest BCUT2D eigenvalue weighted by atomic mass is 35.5. The molecule has 1 aliphatic carbocycles. The Morgan fingerprint density at radius 3 is 2.68 bits per heavy atom. The van der Waals surface area contributed by atoms with Gasteiger partial charge in [-0.2, -0.15) is 5.10 Å². The number of hydrogen-bond donors (Lipinski definition) is 1. The molecule has 4 heteroatoms. The van der Waals surface area contributed by atoms with Gasteiger partial charge in [0, 0.05) is 23.3 Å². The SMILES string of the molecule is Cc1cc(C)n(-c2ccc(CNC3CC3)c(Cl)c2)n1. The van der Waals surface area contributed by atoms with Gasteiger partial charge < -0.3 is 5.32 Å². The lowest BCUT2D eigenvalue weighted by molar-refractivity contribution is 0.687. The molecule has 3 nitrogen and oxygen atoms in total. The van der Waals surface area contributed by atoms with E-state index in [1.54, 1.807) is 0 Å². The Kier molecular flexibility index (Phi) is 3.33. The predicted molar refractivity (Wildman–Crippen MR) is 77.9 cm³/mol. The van der Waals surface area contributed by atoms with Gasteiger partial charge in [-0.15, -0.1) is 0 Å². The minimum atomic E-state index is 0.701. The van der Waals surface area contributed by atoms with Gasteiger partial charge in [0.25, 0.3) is 0 Å². The van der Waals surface area contributed by atoms with Crippen molar-refractivity contribution in [3.8, 4) is 5.69 Å². The minimum absolute atomic E-state index is 0.701. The van der Waals surface area contributed by atoms with E-state index in [0.717, 1.165) is 34.2 Å². The molecule has 1 aromatic carbocycles. The van der Waals surface area contributed by atoms with Crippen molar-refractivity contribution in [3.05, 3.63) is 46.2 Å². The smallest absolute Gasteiger partial charge is 0.0663 e. The molecule has 1 N–H and O–H groups in total. The van der Waals surface area contributed by atoms with Crippen LogP contribution in [0.3, 0.4) is 0 Å². The van der Waals surface area contributed by atoms with E-state index in [1.807, 2.05) is 17.7 Å². The number of hydrogen-bond acceptors (Lipinski definition) is 2. The summed E-state index contributed by atoms with van der Waals surface area (Å²) in [6, 6.07) is 8.92. The van der Waals surface area contributed by atoms with Crippen molar-refractivity contribution in [3.63, 3.8) is 0 Å². The Balaban J connectivity index is 1.83. The van der Waals surface area contributed by atoms with E-state index in [9.17, 15) is 0 Å². The Hall–Kier alpha value is -1.32. The zero-order valence-corrected chi connectivity index (χ0v) is 12.0. The summed E-state index contributed by atoms with van der Waals surface area (Å²) < 4.78 is 1.93. The maximum absolute atomic E-state index is 6.36. The Morgan fingerprint density at radius 2 is 2.11 bits per heavy atom. The molecule has 19 heavy (non-hydrogen) atoms. The second-order valence-corrected chi connectivity index (χ2v) is 5.68. The second kappa shape index (κ2) is 4.99. The van der Waals surface area contributed by atoms with Crippen LogP contribution in [0.1, 0.15) is 29.8 Å². The van der Waals surface area contributed by atoms with Gasteiger partial charge in [-0.3, -0.25) is 0 Å². The number of nitrogens with one attached hydrogen (secondary N) is 1. The van der Waals surface area contributed by atoms with Crippen molar-refractivity contribution in [2.24, 2.45) is 0 Å². The van der Waals surface area contributed by atoms with Gasteiger partial charge in [0.1, 0.15) is 0 Å². The number of nitrogens with zero attached hydrogens (tertiary/aromatic N) is 2. The Morgan fingerprint density at radius 1 is 1.32 bits per heavy atom. The zero-order chi connectivity index (χ0) is 13.4. The van der Waals surface area contributed by atoms with Crippen LogP contribution in [0, 0.1) is 13.8 Å². The zero-order valence-electron chi connectivity index (χ0n) is 11.3. The molecule has 0 spiro atoms. The number of aromatic nitrogens is 2. The maximum atomic E-state index is 6.36. The summed E-state index contributed by atoms with van der Waals surface area (Å²) in [6.45, 7) is 4.90. The van der Waals surface area contributed by atoms with Crippen LogP contribution in [0.15, 0.2) is 24.3 Å². The highest BCUT2D eigenvalue weighted by Crippen LogP contribution is 2.24. The molecular weight excluding hydrogens is 258 g/mol. The first-order valence-corrected chi connectivity index (χ1v) is 7.07. The Bertz CT molecular complexity index is 599. The standard InChI is InChI=1S/C15H18ClN3/c1-10-7-11(2)19(18-10)14-6-3-12(15(16)8-14)9-17-13-4-5-13/h3,6-8,13,17H,4-5,9H2,1-2H3. The molecule has 0 unspecified atom stereocenters. The molecule has 0 atom stereocenters. The minimum Gasteiger partial charge on any atom is -0.310 e. The van der Waals surface area contributed by atoms with Crippen molar-refractivity contribution in [2.45, 2.75) is 39.3 Å². The van der Waals surface area contributed by atoms with E-state index in [2.05, 4.69) is 35.5 Å². The van der Waals surface area contributed by atoms with Crippen molar-refractivity contribution in [2.75, 3.05) is 0 Å². The molecule has 100 valence electrons. The molecule has 0 radical (unpaired) electrons. The average Bonchev–Trinajstić information content (AvgIpc) is 3.12. The summed E-state index contributed by atoms with van der Waals surface area (Å²) in [6.07, 6.45) is 2.59. The molecule has 0 saturated heterocycles. The van der Waals surface area contributed by atoms with Gasteiger partial charge in [0.2, 0.25) is 0 Å². The molecule has 1 aromatic heterocycles. The summed E-state index contributed by atoms with van der Waals surface area (Å²) in [5.41, 5.74) is 4.31. The molecule has 1 aliphatic rings. The summed E-state index contributed by atoms with van der Waals surface area (Å²) in [7, 11) is 0. The first-order valence-electron chi connectivity index (χ1n) is 6.69. The molecule has 1 fully saturated rings. The van der Waals surface area contributed by atoms with Crippen LogP contribution in [0.25, 0.3) is 5.69 Å². The van der Waals surface area contributed by atoms with Crippen LogP contribution in [-0.4, -0.2) is 15.8 Å². The number of halogens is 1. The van der Waals surface area contributed by atoms with Crippen molar-refractivity contribution < 1.29 is 0 Å². The lowest BCUT2D eigenvalue weighted by atomic mass is 10.2. The fourth-order valence-electron chi connectivity index (χ4n) is 2.24. The normalized spacial score (nSPS) is 14.9. The summed E-state index contributed by atoms with van der Waals surface area (Å²) in [5.74, 6) is 0. The van der Waals surface area contributed by atoms with Crippen molar-refractivity contribution in [1.29, 1.82) is 0 Å². The van der Waals surface area contributed by atoms with E-state index >= 15 is 0 Å². The van der Waals surface area contributed by atoms with Crippen LogP contribution in [0.4, 0.5) is 0 Å². The average molecular weight is 276 g/mol. The molecule has 1 saturated carbocycles. The summed E-state index contributed by atoms with van der Waals surface area (Å²) >= 11 is 6.36. The molecule has 0 amide bonds. The summed E-state index contributed by atoms with van der Waals surface area (Å²) in [5, 5.41) is 8.76. The van der Waals surface area contributed by atoms with Gasteiger partial charge in [0.15, 0.2) is 0 Å². The first-order chi connectivity index (χ1) is 9.13. The molecule has 2 aromatic rings. The molecule has 1 heterocycles. The van der Waals surface area contributed by atoms with E-state index in [4.69, 9.17) is 11.6 Å². The number of rotatable bonds is 4. The molecule has 3 rings (SSSR count). The monoisotopic (exact) mass is 275 g/mol. The first kappa shape index (κ1) is 12.7. The third kappa shape index (κ3) is 2.82. The Labute approximate surface area is 118 Å². The third-order valence-corrected chi connectivity index (χ3v) is 3.80. The summed E-state index contributed by atoms with van der Waals surface area (Å²) in [4.78, 5) is 0. The highest BCUT2D eigenvalue weighted by molar-refractivity contribution is 6.31. The van der Waals surface area contributed by atoms with E-state index in [1.165, 1.54) is 12.8 Å². The third-order valence-electron chi connectivity index (χ3n) is 3.45. The molecular formula is C15H18ClN3. The van der Waals surface area contributed by atoms with E-state index in [0.29, 0.717) is 6.04 Å². The number of aryl methyl sites for hydroxylation is 2. The highest BCUT2D eigenvalue weighted by Gasteiger charge is 2.20. The van der Waals surface area contributed by atoms with Crippen LogP contribution in [0.2, 0.25) is 5.02 Å². The fraction of sp³-hybridized carbons (Fsp3) is 0.400. The molecule has 0 aliphatic heterocycles. The van der Waals surface area contributed by atoms with E-state index in [-0.39, 0.29) is 0 Å². The topological polar surface area (TPSA) is 29.9 Å². The van der Waals surface area contributed by atoms with Crippen LogP contribution >= 0.6 is 11.6 Å². The quantitative estimate of drug-likeness (QED) is 0.927.